The Morgan fingerprint density at radius 2 is 1.54 bits per heavy atom. The zero-order chi connectivity index (χ0) is 41.5. The number of carbonyl (C=O) groups excluding carboxylic acids is 4. The number of hydrogen-bond donors (Lipinski definition) is 3. The molecule has 0 aromatic carbocycles. The van der Waals surface area contributed by atoms with Gasteiger partial charge >= 0.3 is 5.97 Å². The molecule has 1 amide bonds. The molecule has 1 aliphatic carbocycles. The van der Waals surface area contributed by atoms with E-state index in [1.807, 2.05) is 26.8 Å². The summed E-state index contributed by atoms with van der Waals surface area (Å²) in [5.74, 6) is -7.04. The van der Waals surface area contributed by atoms with Gasteiger partial charge in [0.1, 0.15) is 18.2 Å². The fourth-order valence-electron chi connectivity index (χ4n) is 9.88. The number of Topliss-reactive ketones (excluding diaryl/α,β-unsaturated/α-hetero) is 2. The molecule has 0 aromatic rings. The third-order valence-electron chi connectivity index (χ3n) is 13.3. The Hall–Kier alpha value is -2.26. The number of cyclic esters (lactones) is 1. The van der Waals surface area contributed by atoms with Gasteiger partial charge in [0.05, 0.1) is 30.5 Å². The topological polar surface area (TPSA) is 178 Å². The van der Waals surface area contributed by atoms with Crippen LogP contribution in [-0.4, -0.2) is 126 Å². The summed E-state index contributed by atoms with van der Waals surface area (Å²) in [6.07, 6.45) is 2.91. The van der Waals surface area contributed by atoms with Crippen LogP contribution in [-0.2, 0) is 42.9 Å². The van der Waals surface area contributed by atoms with Crippen LogP contribution in [0.5, 0.6) is 0 Å². The van der Waals surface area contributed by atoms with Crippen molar-refractivity contribution in [3.8, 4) is 0 Å². The van der Waals surface area contributed by atoms with Crippen LogP contribution in [0.1, 0.15) is 119 Å². The van der Waals surface area contributed by atoms with Gasteiger partial charge in [-0.1, -0.05) is 47.6 Å². The minimum Gasteiger partial charge on any atom is -0.460 e. The van der Waals surface area contributed by atoms with Crippen molar-refractivity contribution in [2.24, 2.45) is 35.5 Å². The number of methoxy groups -OCH3 is 3. The molecular weight excluding hydrogens is 722 g/mol. The van der Waals surface area contributed by atoms with E-state index in [9.17, 15) is 34.5 Å². The largest absolute Gasteiger partial charge is 0.460 e. The van der Waals surface area contributed by atoms with Crippen molar-refractivity contribution < 1.29 is 58.2 Å². The third kappa shape index (κ3) is 10.9. The van der Waals surface area contributed by atoms with Crippen molar-refractivity contribution in [1.82, 2.24) is 4.90 Å². The van der Waals surface area contributed by atoms with E-state index in [1.165, 1.54) is 19.1 Å². The first-order chi connectivity index (χ1) is 26.5. The molecule has 2 bridgehead atoms. The Morgan fingerprint density at radius 1 is 0.875 bits per heavy atom. The van der Waals surface area contributed by atoms with Gasteiger partial charge in [0.25, 0.3) is 11.7 Å². The Morgan fingerprint density at radius 3 is 2.18 bits per heavy atom. The number of fused-ring (bicyclic) bond motifs is 3. The van der Waals surface area contributed by atoms with Gasteiger partial charge in [0.2, 0.25) is 5.79 Å². The number of esters is 1. The highest BCUT2D eigenvalue weighted by atomic mass is 16.7. The zero-order valence-corrected chi connectivity index (χ0v) is 35.3. The summed E-state index contributed by atoms with van der Waals surface area (Å²) in [6, 6.07) is -1.11. The van der Waals surface area contributed by atoms with Crippen LogP contribution in [0.2, 0.25) is 0 Å². The van der Waals surface area contributed by atoms with Crippen LogP contribution in [0.25, 0.3) is 0 Å². The van der Waals surface area contributed by atoms with Crippen molar-refractivity contribution in [1.29, 1.82) is 0 Å². The molecule has 2 saturated heterocycles. The monoisotopic (exact) mass is 793 g/mol. The highest BCUT2D eigenvalue weighted by molar-refractivity contribution is 6.39. The maximum atomic E-state index is 14.3. The molecule has 3 N–H and O–H groups in total. The van der Waals surface area contributed by atoms with Gasteiger partial charge in [0, 0.05) is 46.1 Å². The van der Waals surface area contributed by atoms with Crippen molar-refractivity contribution in [2.75, 3.05) is 27.9 Å². The first-order valence-electron chi connectivity index (χ1n) is 21.1. The molecule has 4 rings (SSSR count). The molecule has 3 heterocycles. The molecule has 3 unspecified atom stereocenters. The summed E-state index contributed by atoms with van der Waals surface area (Å²) in [5.41, 5.74) is 0.627. The van der Waals surface area contributed by atoms with E-state index in [0.29, 0.717) is 56.9 Å². The lowest BCUT2D eigenvalue weighted by molar-refractivity contribution is -0.302. The average Bonchev–Trinajstić information content (AvgIpc) is 3.18. The molecule has 56 heavy (non-hydrogen) atoms. The number of nitrogens with zero attached hydrogens (tertiary/aromatic N) is 1. The van der Waals surface area contributed by atoms with Gasteiger partial charge in [-0.3, -0.25) is 14.4 Å². The maximum absolute atomic E-state index is 14.3. The Balaban J connectivity index is 1.73. The number of ketones is 2. The van der Waals surface area contributed by atoms with Crippen molar-refractivity contribution >= 4 is 23.4 Å². The number of amides is 1. The smallest absolute Gasteiger partial charge is 0.329 e. The number of aliphatic hydroxyl groups is 3. The fraction of sp³-hybridized carbons (Fsp3) is 0.860. The molecule has 320 valence electrons. The number of allylic oxidation sites excluding steroid dienone is 2. The van der Waals surface area contributed by atoms with Gasteiger partial charge in [-0.25, -0.2) is 4.79 Å². The lowest BCUT2D eigenvalue weighted by Crippen LogP contribution is -2.64. The molecule has 3 fully saturated rings. The van der Waals surface area contributed by atoms with Crippen LogP contribution in [0, 0.1) is 35.5 Å². The summed E-state index contributed by atoms with van der Waals surface area (Å²) in [6.45, 7) is 11.5. The molecular formula is C43H71NO12. The predicted octanol–water partition coefficient (Wildman–Crippen LogP) is 4.55. The molecule has 3 aliphatic heterocycles. The predicted molar refractivity (Wildman–Crippen MR) is 208 cm³/mol. The van der Waals surface area contributed by atoms with E-state index in [-0.39, 0.29) is 61.4 Å². The lowest BCUT2D eigenvalue weighted by atomic mass is 9.76. The van der Waals surface area contributed by atoms with Crippen LogP contribution in [0.4, 0.5) is 0 Å². The molecule has 13 heteroatoms. The number of hydrogen-bond acceptors (Lipinski definition) is 12. The second-order valence-electron chi connectivity index (χ2n) is 17.6. The van der Waals surface area contributed by atoms with E-state index in [2.05, 4.69) is 6.92 Å². The van der Waals surface area contributed by atoms with Gasteiger partial charge < -0.3 is 43.9 Å². The van der Waals surface area contributed by atoms with Crippen molar-refractivity contribution in [3.05, 3.63) is 11.6 Å². The highest BCUT2D eigenvalue weighted by Crippen LogP contribution is 2.40. The van der Waals surface area contributed by atoms with Crippen molar-refractivity contribution in [2.45, 2.75) is 173 Å². The highest BCUT2D eigenvalue weighted by Gasteiger charge is 2.56. The summed E-state index contributed by atoms with van der Waals surface area (Å²) in [7, 11) is 4.66. The normalized spacial score (nSPS) is 40.9. The van der Waals surface area contributed by atoms with Crippen LogP contribution >= 0.6 is 0 Å². The lowest BCUT2D eigenvalue weighted by Gasteiger charge is -2.47. The second kappa shape index (κ2) is 20.6. The Labute approximate surface area is 334 Å². The number of aliphatic hydroxyl groups excluding tert-OH is 2. The van der Waals surface area contributed by atoms with Crippen LogP contribution in [0.3, 0.4) is 0 Å². The van der Waals surface area contributed by atoms with Gasteiger partial charge in [-0.15, -0.1) is 0 Å². The first kappa shape index (κ1) is 46.4. The number of ether oxygens (including phenoxy) is 5. The first-order valence-corrected chi connectivity index (χ1v) is 21.1. The number of piperidine rings is 1. The zero-order valence-electron chi connectivity index (χ0n) is 35.3. The SMILES string of the molecule is CCC1=CC(C)C[C@H](C)C[C@H](OC)[C@H]2O[C@@](O)(C(=O)C(=O)N3CCCC[C@H]3C(=O)O[C@H](C(C)CC3CC[C@@H](O)[C@H](OC)C3)[C@H](C)[C@@H](O)CC1=O)[C@H](C)C[C@@H]2OC. The van der Waals surface area contributed by atoms with E-state index in [1.54, 1.807) is 21.0 Å². The van der Waals surface area contributed by atoms with Crippen molar-refractivity contribution in [3.63, 3.8) is 0 Å². The van der Waals surface area contributed by atoms with E-state index in [4.69, 9.17) is 23.7 Å². The molecule has 15 atom stereocenters. The summed E-state index contributed by atoms with van der Waals surface area (Å²) in [5, 5.41) is 34.1. The number of rotatable bonds is 7. The summed E-state index contributed by atoms with van der Waals surface area (Å²) < 4.78 is 29.9. The maximum Gasteiger partial charge on any atom is 0.329 e. The third-order valence-corrected chi connectivity index (χ3v) is 13.3. The van der Waals surface area contributed by atoms with Gasteiger partial charge in [-0.05, 0) is 99.9 Å². The Bertz CT molecular complexity index is 1370. The standard InChI is InChI=1S/C43H71NO12/c1-10-30-18-24(2)17-25(3)19-36(53-8)39-37(54-9)21-27(5)43(51,56-39)40(48)41(49)44-16-12-11-13-31(44)42(50)55-38(28(6)33(46)23-34(30)47)26(4)20-29-14-15-32(45)35(22-29)52-7/h18,24-29,31-33,35-39,45-46,51H,10-17,19-23H2,1-9H3/t24?,25-,26?,27+,28+,29?,31-,32+,33-,35+,36-,37-,38+,39+,43+/m0/s1. The molecule has 0 spiro atoms. The average molecular weight is 794 g/mol. The minimum absolute atomic E-state index is 0.00258. The number of carbonyl (C=O) groups is 4. The minimum atomic E-state index is -2.49. The van der Waals surface area contributed by atoms with E-state index < -0.39 is 77.9 Å². The van der Waals surface area contributed by atoms with Crippen LogP contribution in [0.15, 0.2) is 11.6 Å². The van der Waals surface area contributed by atoms with Crippen LogP contribution < -0.4 is 0 Å². The molecule has 4 aliphatic rings. The van der Waals surface area contributed by atoms with E-state index in [0.717, 1.165) is 6.42 Å². The molecule has 0 aromatic heterocycles. The molecule has 1 saturated carbocycles. The Kier molecular flexibility index (Phi) is 17.1. The molecule has 13 nitrogen and oxygen atoms in total. The summed E-state index contributed by atoms with van der Waals surface area (Å²) >= 11 is 0. The van der Waals surface area contributed by atoms with Gasteiger partial charge in [-0.2, -0.15) is 0 Å². The van der Waals surface area contributed by atoms with Gasteiger partial charge in [0.15, 0.2) is 5.78 Å². The molecule has 0 radical (unpaired) electrons. The van der Waals surface area contributed by atoms with E-state index >= 15 is 0 Å². The second-order valence-corrected chi connectivity index (χ2v) is 17.6. The fourth-order valence-corrected chi connectivity index (χ4v) is 9.88. The quantitative estimate of drug-likeness (QED) is 0.242. The summed E-state index contributed by atoms with van der Waals surface area (Å²) in [4.78, 5) is 57.7.